The molecular formula is C7H11NO6S. The number of aliphatic carboxylic acids is 2. The number of carbonyl (C=O) groups is 2. The summed E-state index contributed by atoms with van der Waals surface area (Å²) in [6.07, 6.45) is 1.06. The molecule has 2 N–H and O–H groups in total. The highest BCUT2D eigenvalue weighted by Crippen LogP contribution is 2.01. The maximum atomic E-state index is 11.3. The van der Waals surface area contributed by atoms with Crippen LogP contribution in [0.2, 0.25) is 0 Å². The van der Waals surface area contributed by atoms with Crippen LogP contribution < -0.4 is 0 Å². The third-order valence-corrected chi connectivity index (χ3v) is 3.05. The summed E-state index contributed by atoms with van der Waals surface area (Å²) >= 11 is 0. The Hall–Kier alpha value is -1.41. The van der Waals surface area contributed by atoms with Gasteiger partial charge in [-0.05, 0) is 0 Å². The average molecular weight is 237 g/mol. The van der Waals surface area contributed by atoms with Crippen LogP contribution in [-0.4, -0.2) is 53.7 Å². The highest BCUT2D eigenvalue weighted by Gasteiger charge is 2.25. The molecule has 0 heterocycles. The third-order valence-electron chi connectivity index (χ3n) is 1.35. The van der Waals surface area contributed by atoms with Crippen LogP contribution in [0.3, 0.4) is 0 Å². The molecule has 0 aliphatic heterocycles. The highest BCUT2D eigenvalue weighted by molar-refractivity contribution is 7.89. The summed E-state index contributed by atoms with van der Waals surface area (Å²) in [5.41, 5.74) is 0. The molecule has 0 aromatic heterocycles. The number of rotatable bonds is 7. The van der Waals surface area contributed by atoms with Gasteiger partial charge >= 0.3 is 11.9 Å². The van der Waals surface area contributed by atoms with Crippen molar-refractivity contribution in [2.45, 2.75) is 0 Å². The van der Waals surface area contributed by atoms with Crippen LogP contribution in [0.1, 0.15) is 0 Å². The Bertz CT molecular complexity index is 344. The summed E-state index contributed by atoms with van der Waals surface area (Å²) in [4.78, 5) is 20.6. The second-order valence-electron chi connectivity index (χ2n) is 2.62. The van der Waals surface area contributed by atoms with Gasteiger partial charge in [0.05, 0.1) is 5.75 Å². The summed E-state index contributed by atoms with van der Waals surface area (Å²) in [6, 6.07) is 0. The normalized spacial score (nSPS) is 11.3. The predicted molar refractivity (Wildman–Crippen MR) is 50.8 cm³/mol. The van der Waals surface area contributed by atoms with Crippen LogP contribution in [0, 0.1) is 0 Å². The van der Waals surface area contributed by atoms with Gasteiger partial charge < -0.3 is 10.2 Å². The van der Waals surface area contributed by atoms with Gasteiger partial charge in [0, 0.05) is 0 Å². The molecular weight excluding hydrogens is 226 g/mol. The van der Waals surface area contributed by atoms with E-state index in [0.29, 0.717) is 4.31 Å². The molecule has 0 bridgehead atoms. The molecule has 0 aliphatic rings. The molecule has 86 valence electrons. The van der Waals surface area contributed by atoms with Crippen LogP contribution in [0.25, 0.3) is 0 Å². The lowest BCUT2D eigenvalue weighted by atomic mass is 10.6. The Morgan fingerprint density at radius 3 is 1.87 bits per heavy atom. The summed E-state index contributed by atoms with van der Waals surface area (Å²) in [5, 5.41) is 16.8. The first-order chi connectivity index (χ1) is 6.79. The highest BCUT2D eigenvalue weighted by atomic mass is 32.2. The average Bonchev–Trinajstić information content (AvgIpc) is 2.00. The quantitative estimate of drug-likeness (QED) is 0.548. The molecule has 0 radical (unpaired) electrons. The minimum absolute atomic E-state index is 0.374. The molecule has 0 spiro atoms. The van der Waals surface area contributed by atoms with Crippen molar-refractivity contribution in [3.8, 4) is 0 Å². The Balaban J connectivity index is 4.83. The predicted octanol–water partition coefficient (Wildman–Crippen LogP) is -1.03. The van der Waals surface area contributed by atoms with Crippen molar-refractivity contribution in [1.82, 2.24) is 4.31 Å². The third kappa shape index (κ3) is 5.13. The van der Waals surface area contributed by atoms with Crippen molar-refractivity contribution >= 4 is 22.0 Å². The number of carboxylic acids is 2. The molecule has 7 nitrogen and oxygen atoms in total. The SMILES string of the molecule is C=CCS(=O)(=O)N(CC(=O)O)CC(=O)O. The Kier molecular flexibility index (Phi) is 4.95. The summed E-state index contributed by atoms with van der Waals surface area (Å²) in [7, 11) is -3.91. The van der Waals surface area contributed by atoms with Crippen LogP contribution in [0.4, 0.5) is 0 Å². The Labute approximate surface area is 86.7 Å². The molecule has 0 aromatic carbocycles. The molecule has 0 saturated heterocycles. The van der Waals surface area contributed by atoms with Gasteiger partial charge in [-0.15, -0.1) is 6.58 Å². The topological polar surface area (TPSA) is 112 Å². The van der Waals surface area contributed by atoms with E-state index in [1.807, 2.05) is 0 Å². The summed E-state index contributed by atoms with van der Waals surface area (Å²) < 4.78 is 23.0. The van der Waals surface area contributed by atoms with Crippen LogP contribution in [0.15, 0.2) is 12.7 Å². The summed E-state index contributed by atoms with van der Waals surface area (Å²) in [5.74, 6) is -3.32. The fourth-order valence-corrected chi connectivity index (χ4v) is 1.93. The molecule has 0 fully saturated rings. The lowest BCUT2D eigenvalue weighted by Crippen LogP contribution is -2.40. The van der Waals surface area contributed by atoms with E-state index in [2.05, 4.69) is 6.58 Å². The first-order valence-corrected chi connectivity index (χ1v) is 5.43. The maximum absolute atomic E-state index is 11.3. The Morgan fingerprint density at radius 2 is 1.60 bits per heavy atom. The van der Waals surface area contributed by atoms with Gasteiger partial charge in [0.15, 0.2) is 0 Å². The molecule has 0 aliphatic carbocycles. The lowest BCUT2D eigenvalue weighted by molar-refractivity contribution is -0.139. The second kappa shape index (κ2) is 5.47. The molecule has 0 amide bonds. The van der Waals surface area contributed by atoms with E-state index in [4.69, 9.17) is 10.2 Å². The van der Waals surface area contributed by atoms with Crippen LogP contribution in [-0.2, 0) is 19.6 Å². The molecule has 0 rings (SSSR count). The van der Waals surface area contributed by atoms with E-state index >= 15 is 0 Å². The van der Waals surface area contributed by atoms with Crippen molar-refractivity contribution in [3.63, 3.8) is 0 Å². The van der Waals surface area contributed by atoms with Gasteiger partial charge in [-0.1, -0.05) is 6.08 Å². The monoisotopic (exact) mass is 237 g/mol. The van der Waals surface area contributed by atoms with Crippen molar-refractivity contribution in [3.05, 3.63) is 12.7 Å². The molecule has 15 heavy (non-hydrogen) atoms. The lowest BCUT2D eigenvalue weighted by Gasteiger charge is -2.16. The van der Waals surface area contributed by atoms with E-state index in [9.17, 15) is 18.0 Å². The fourth-order valence-electron chi connectivity index (χ4n) is 0.809. The van der Waals surface area contributed by atoms with E-state index in [1.54, 1.807) is 0 Å². The molecule has 8 heteroatoms. The zero-order valence-corrected chi connectivity index (χ0v) is 8.61. The van der Waals surface area contributed by atoms with Crippen molar-refractivity contribution in [1.29, 1.82) is 0 Å². The first kappa shape index (κ1) is 13.6. The van der Waals surface area contributed by atoms with Crippen LogP contribution >= 0.6 is 0 Å². The number of carboxylic acid groups (broad SMARTS) is 2. The largest absolute Gasteiger partial charge is 0.480 e. The van der Waals surface area contributed by atoms with Crippen LogP contribution in [0.5, 0.6) is 0 Å². The first-order valence-electron chi connectivity index (χ1n) is 3.82. The smallest absolute Gasteiger partial charge is 0.318 e. The van der Waals surface area contributed by atoms with E-state index in [-0.39, 0.29) is 0 Å². The fraction of sp³-hybridized carbons (Fsp3) is 0.429. The van der Waals surface area contributed by atoms with Gasteiger partial charge in [-0.3, -0.25) is 9.59 Å². The van der Waals surface area contributed by atoms with E-state index < -0.39 is 40.8 Å². The van der Waals surface area contributed by atoms with Crippen molar-refractivity contribution in [2.75, 3.05) is 18.8 Å². The minimum atomic E-state index is -3.91. The standard InChI is InChI=1S/C7H11NO6S/c1-2-3-15(13,14)8(4-6(9)10)5-7(11)12/h2H,1,3-5H2,(H,9,10)(H,11,12). The van der Waals surface area contributed by atoms with Crippen molar-refractivity contribution < 1.29 is 28.2 Å². The van der Waals surface area contributed by atoms with Gasteiger partial charge in [-0.25, -0.2) is 8.42 Å². The zero-order chi connectivity index (χ0) is 12.1. The zero-order valence-electron chi connectivity index (χ0n) is 7.79. The molecule has 0 saturated carbocycles. The Morgan fingerprint density at radius 1 is 1.20 bits per heavy atom. The molecule has 0 atom stereocenters. The van der Waals surface area contributed by atoms with Gasteiger partial charge in [0.1, 0.15) is 13.1 Å². The number of sulfonamides is 1. The maximum Gasteiger partial charge on any atom is 0.318 e. The summed E-state index contributed by atoms with van der Waals surface area (Å²) in [6.45, 7) is 1.44. The van der Waals surface area contributed by atoms with Gasteiger partial charge in [0.25, 0.3) is 0 Å². The number of hydrogen-bond donors (Lipinski definition) is 2. The van der Waals surface area contributed by atoms with E-state index in [0.717, 1.165) is 6.08 Å². The molecule has 0 unspecified atom stereocenters. The number of nitrogens with zero attached hydrogens (tertiary/aromatic N) is 1. The molecule has 0 aromatic rings. The van der Waals surface area contributed by atoms with E-state index in [1.165, 1.54) is 0 Å². The second-order valence-corrected chi connectivity index (χ2v) is 4.64. The number of hydrogen-bond acceptors (Lipinski definition) is 4. The van der Waals surface area contributed by atoms with Crippen molar-refractivity contribution in [2.24, 2.45) is 0 Å². The van der Waals surface area contributed by atoms with Gasteiger partial charge in [-0.2, -0.15) is 4.31 Å². The van der Waals surface area contributed by atoms with Gasteiger partial charge in [0.2, 0.25) is 10.0 Å². The minimum Gasteiger partial charge on any atom is -0.480 e.